The molecule has 2 fully saturated rings. The highest BCUT2D eigenvalue weighted by Gasteiger charge is 2.28. The second-order valence-electron chi connectivity index (χ2n) is 8.53. The molecule has 1 N–H and O–H groups in total. The van der Waals surface area contributed by atoms with Crippen LogP contribution in [0.5, 0.6) is 0 Å². The predicted octanol–water partition coefficient (Wildman–Crippen LogP) is 2.41. The number of aromatic nitrogens is 5. The summed E-state index contributed by atoms with van der Waals surface area (Å²) >= 11 is 0. The molecule has 0 aliphatic carbocycles. The highest BCUT2D eigenvalue weighted by molar-refractivity contribution is 6.00. The standard InChI is InChI=1S/C22H27N7O2/c1-15-20(25-26-24-15)22(31)28-10-5-16(6-11-28)17-7-12-29-19(13-17)18(14-23-29)21(30)27-8-3-2-4-9-27/h7,12-14,16H,2-6,8-11H2,1H3,(H,24,25,26). The number of H-pyrrole nitrogens is 1. The van der Waals surface area contributed by atoms with Gasteiger partial charge in [-0.25, -0.2) is 4.52 Å². The Morgan fingerprint density at radius 1 is 1.00 bits per heavy atom. The van der Waals surface area contributed by atoms with Gasteiger partial charge in [-0.3, -0.25) is 9.59 Å². The maximum atomic E-state index is 13.0. The van der Waals surface area contributed by atoms with E-state index in [1.165, 1.54) is 12.0 Å². The summed E-state index contributed by atoms with van der Waals surface area (Å²) in [7, 11) is 0. The molecule has 2 amide bonds. The van der Waals surface area contributed by atoms with Crippen LogP contribution in [-0.4, -0.2) is 72.8 Å². The maximum absolute atomic E-state index is 13.0. The minimum atomic E-state index is -0.0645. The van der Waals surface area contributed by atoms with Crippen molar-refractivity contribution in [3.05, 3.63) is 47.0 Å². The lowest BCUT2D eigenvalue weighted by molar-refractivity contribution is 0.0703. The molecule has 3 aromatic heterocycles. The molecule has 5 rings (SSSR count). The predicted molar refractivity (Wildman–Crippen MR) is 114 cm³/mol. The highest BCUT2D eigenvalue weighted by Crippen LogP contribution is 2.30. The summed E-state index contributed by atoms with van der Waals surface area (Å²) in [5.74, 6) is 0.362. The molecule has 9 heteroatoms. The number of aromatic amines is 1. The Morgan fingerprint density at radius 3 is 2.45 bits per heavy atom. The van der Waals surface area contributed by atoms with Crippen LogP contribution in [0.15, 0.2) is 24.5 Å². The lowest BCUT2D eigenvalue weighted by atomic mass is 9.89. The average Bonchev–Trinajstić information content (AvgIpc) is 3.44. The van der Waals surface area contributed by atoms with Crippen molar-refractivity contribution >= 4 is 17.3 Å². The smallest absolute Gasteiger partial charge is 0.276 e. The van der Waals surface area contributed by atoms with Crippen molar-refractivity contribution < 1.29 is 9.59 Å². The van der Waals surface area contributed by atoms with Gasteiger partial charge in [-0.15, -0.1) is 0 Å². The van der Waals surface area contributed by atoms with Crippen LogP contribution < -0.4 is 0 Å². The number of fused-ring (bicyclic) bond motifs is 1. The zero-order chi connectivity index (χ0) is 21.4. The normalized spacial score (nSPS) is 18.0. The summed E-state index contributed by atoms with van der Waals surface area (Å²) in [6, 6.07) is 4.19. The Morgan fingerprint density at radius 2 is 1.74 bits per heavy atom. The Hall–Kier alpha value is -3.23. The monoisotopic (exact) mass is 421 g/mol. The third-order valence-electron chi connectivity index (χ3n) is 6.60. The number of nitrogens with zero attached hydrogens (tertiary/aromatic N) is 6. The summed E-state index contributed by atoms with van der Waals surface area (Å²) in [5.41, 5.74) is 3.78. The quantitative estimate of drug-likeness (QED) is 0.700. The molecule has 2 saturated heterocycles. The topological polar surface area (TPSA) is 99.5 Å². The van der Waals surface area contributed by atoms with E-state index in [1.807, 2.05) is 16.0 Å². The van der Waals surface area contributed by atoms with Crippen LogP contribution >= 0.6 is 0 Å². The summed E-state index contributed by atoms with van der Waals surface area (Å²) in [6.45, 7) is 4.80. The molecule has 0 atom stereocenters. The number of amides is 2. The number of hydrogen-bond acceptors (Lipinski definition) is 5. The van der Waals surface area contributed by atoms with E-state index in [2.05, 4.69) is 32.6 Å². The molecule has 2 aliphatic heterocycles. The first-order chi connectivity index (χ1) is 15.1. The van der Waals surface area contributed by atoms with E-state index in [4.69, 9.17) is 0 Å². The number of rotatable bonds is 3. The van der Waals surface area contributed by atoms with Crippen LogP contribution in [0.4, 0.5) is 0 Å². The van der Waals surface area contributed by atoms with Crippen molar-refractivity contribution in [2.75, 3.05) is 26.2 Å². The van der Waals surface area contributed by atoms with Gasteiger partial charge >= 0.3 is 0 Å². The van der Waals surface area contributed by atoms with Gasteiger partial charge in [0.05, 0.1) is 23.0 Å². The number of likely N-dealkylation sites (tertiary alicyclic amines) is 2. The van der Waals surface area contributed by atoms with Crippen LogP contribution in [0, 0.1) is 6.92 Å². The fourth-order valence-electron chi connectivity index (χ4n) is 4.74. The first-order valence-corrected chi connectivity index (χ1v) is 11.0. The molecule has 0 radical (unpaired) electrons. The fraction of sp³-hybridized carbons (Fsp3) is 0.500. The van der Waals surface area contributed by atoms with Crippen molar-refractivity contribution in [3.8, 4) is 0 Å². The van der Waals surface area contributed by atoms with Gasteiger partial charge in [0.15, 0.2) is 5.69 Å². The average molecular weight is 422 g/mol. The zero-order valence-electron chi connectivity index (χ0n) is 17.8. The van der Waals surface area contributed by atoms with Crippen LogP contribution in [0.25, 0.3) is 5.52 Å². The summed E-state index contributed by atoms with van der Waals surface area (Å²) < 4.78 is 1.78. The second kappa shape index (κ2) is 8.13. The Bertz CT molecular complexity index is 1100. The summed E-state index contributed by atoms with van der Waals surface area (Å²) in [4.78, 5) is 29.5. The third-order valence-corrected chi connectivity index (χ3v) is 6.60. The van der Waals surface area contributed by atoms with Crippen molar-refractivity contribution in [2.45, 2.75) is 44.9 Å². The van der Waals surface area contributed by atoms with Crippen molar-refractivity contribution in [1.82, 2.24) is 34.8 Å². The van der Waals surface area contributed by atoms with E-state index in [-0.39, 0.29) is 11.8 Å². The van der Waals surface area contributed by atoms with Gasteiger partial charge in [0.2, 0.25) is 0 Å². The molecular formula is C22H27N7O2. The molecular weight excluding hydrogens is 394 g/mol. The number of carbonyl (C=O) groups is 2. The van der Waals surface area contributed by atoms with Gasteiger partial charge < -0.3 is 9.80 Å². The van der Waals surface area contributed by atoms with Gasteiger partial charge in [0, 0.05) is 32.4 Å². The van der Waals surface area contributed by atoms with Crippen LogP contribution in [0.2, 0.25) is 0 Å². The van der Waals surface area contributed by atoms with Gasteiger partial charge in [-0.1, -0.05) is 0 Å². The molecule has 0 bridgehead atoms. The molecule has 0 aromatic carbocycles. The third kappa shape index (κ3) is 3.68. The van der Waals surface area contributed by atoms with Crippen molar-refractivity contribution in [2.24, 2.45) is 0 Å². The molecule has 2 aliphatic rings. The molecule has 162 valence electrons. The molecule has 5 heterocycles. The first-order valence-electron chi connectivity index (χ1n) is 11.0. The zero-order valence-corrected chi connectivity index (χ0v) is 17.8. The first kappa shape index (κ1) is 19.7. The molecule has 0 saturated carbocycles. The Kier molecular flexibility index (Phi) is 5.17. The molecule has 31 heavy (non-hydrogen) atoms. The molecule has 0 unspecified atom stereocenters. The maximum Gasteiger partial charge on any atom is 0.276 e. The minimum Gasteiger partial charge on any atom is -0.339 e. The van der Waals surface area contributed by atoms with E-state index in [0.717, 1.165) is 44.3 Å². The van der Waals surface area contributed by atoms with E-state index >= 15 is 0 Å². The highest BCUT2D eigenvalue weighted by atomic mass is 16.2. The van der Waals surface area contributed by atoms with E-state index < -0.39 is 0 Å². The van der Waals surface area contributed by atoms with Gasteiger partial charge in [0.1, 0.15) is 0 Å². The number of hydrogen-bond donors (Lipinski definition) is 1. The fourth-order valence-corrected chi connectivity index (χ4v) is 4.74. The number of aryl methyl sites for hydroxylation is 1. The van der Waals surface area contributed by atoms with Crippen LogP contribution in [0.1, 0.15) is 70.1 Å². The number of nitrogens with one attached hydrogen (secondary N) is 1. The number of carbonyl (C=O) groups excluding carboxylic acids is 2. The van der Waals surface area contributed by atoms with Crippen molar-refractivity contribution in [3.63, 3.8) is 0 Å². The number of pyridine rings is 1. The van der Waals surface area contributed by atoms with Crippen molar-refractivity contribution in [1.29, 1.82) is 0 Å². The SMILES string of the molecule is Cc1n[nH]nc1C(=O)N1CCC(c2ccn3ncc(C(=O)N4CCCCC4)c3c2)CC1. The van der Waals surface area contributed by atoms with Crippen LogP contribution in [-0.2, 0) is 0 Å². The minimum absolute atomic E-state index is 0.0645. The molecule has 0 spiro atoms. The van der Waals surface area contributed by atoms with E-state index in [1.54, 1.807) is 17.6 Å². The largest absolute Gasteiger partial charge is 0.339 e. The Labute approximate surface area is 180 Å². The van der Waals surface area contributed by atoms with E-state index in [9.17, 15) is 9.59 Å². The van der Waals surface area contributed by atoms with Gasteiger partial charge in [-0.2, -0.15) is 20.5 Å². The second-order valence-corrected chi connectivity index (χ2v) is 8.53. The van der Waals surface area contributed by atoms with Crippen LogP contribution in [0.3, 0.4) is 0 Å². The number of piperidine rings is 2. The Balaban J connectivity index is 1.31. The molecule has 9 nitrogen and oxygen atoms in total. The van der Waals surface area contributed by atoms with Gasteiger partial charge in [-0.05, 0) is 62.6 Å². The summed E-state index contributed by atoms with van der Waals surface area (Å²) in [5, 5.41) is 14.9. The lowest BCUT2D eigenvalue weighted by Crippen LogP contribution is -2.38. The van der Waals surface area contributed by atoms with Gasteiger partial charge in [0.25, 0.3) is 11.8 Å². The summed E-state index contributed by atoms with van der Waals surface area (Å²) in [6.07, 6.45) is 8.72. The molecule has 3 aromatic rings. The van der Waals surface area contributed by atoms with E-state index in [0.29, 0.717) is 36.0 Å². The lowest BCUT2D eigenvalue weighted by Gasteiger charge is -2.32.